The molecule has 0 saturated carbocycles. The van der Waals surface area contributed by atoms with Crippen LogP contribution in [0.2, 0.25) is 0 Å². The third-order valence-corrected chi connectivity index (χ3v) is 3.12. The Morgan fingerprint density at radius 3 is 2.48 bits per heavy atom. The van der Waals surface area contributed by atoms with Crippen molar-refractivity contribution in [1.82, 2.24) is 5.32 Å². The third kappa shape index (κ3) is 3.78. The number of carbonyl (C=O) groups excluding carboxylic acids is 1. The van der Waals surface area contributed by atoms with Crippen molar-refractivity contribution in [3.63, 3.8) is 0 Å². The lowest BCUT2D eigenvalue weighted by atomic mass is 10.1. The highest BCUT2D eigenvalue weighted by molar-refractivity contribution is 5.99. The van der Waals surface area contributed by atoms with E-state index in [-0.39, 0.29) is 23.0 Å². The zero-order valence-electron chi connectivity index (χ0n) is 11.6. The van der Waals surface area contributed by atoms with E-state index in [4.69, 9.17) is 0 Å². The van der Waals surface area contributed by atoms with Crippen molar-refractivity contribution in [1.29, 1.82) is 0 Å². The minimum Gasteiger partial charge on any atom is -0.385 e. The van der Waals surface area contributed by atoms with Crippen LogP contribution in [0.5, 0.6) is 0 Å². The second-order valence-corrected chi connectivity index (χ2v) is 4.54. The predicted molar refractivity (Wildman–Crippen MR) is 78.4 cm³/mol. The van der Waals surface area contributed by atoms with Crippen LogP contribution in [0.4, 0.5) is 14.5 Å². The molecule has 0 aromatic heterocycles. The fourth-order valence-corrected chi connectivity index (χ4v) is 2.03. The van der Waals surface area contributed by atoms with E-state index in [2.05, 4.69) is 10.6 Å². The number of para-hydroxylation sites is 1. The van der Waals surface area contributed by atoms with Crippen LogP contribution in [-0.2, 0) is 6.42 Å². The summed E-state index contributed by atoms with van der Waals surface area (Å²) in [7, 11) is 1.56. The highest BCUT2D eigenvalue weighted by atomic mass is 19.1. The summed E-state index contributed by atoms with van der Waals surface area (Å²) < 4.78 is 26.3. The van der Waals surface area contributed by atoms with E-state index in [0.717, 1.165) is 5.56 Å². The number of hydrogen-bond acceptors (Lipinski definition) is 2. The van der Waals surface area contributed by atoms with E-state index in [1.807, 2.05) is 0 Å². The molecule has 2 N–H and O–H groups in total. The Hall–Kier alpha value is -2.43. The summed E-state index contributed by atoms with van der Waals surface area (Å²) in [5.41, 5.74) is 1.36. The van der Waals surface area contributed by atoms with E-state index in [0.29, 0.717) is 13.0 Å². The number of nitrogens with one attached hydrogen (secondary N) is 2. The lowest BCUT2D eigenvalue weighted by Gasteiger charge is -2.10. The SMILES string of the molecule is CNc1c(F)cccc1C(=O)NCCc1ccc(F)cc1. The van der Waals surface area contributed by atoms with Gasteiger partial charge in [0.2, 0.25) is 0 Å². The van der Waals surface area contributed by atoms with Gasteiger partial charge in [-0.1, -0.05) is 18.2 Å². The van der Waals surface area contributed by atoms with Crippen LogP contribution >= 0.6 is 0 Å². The Bertz CT molecular complexity index is 627. The average Bonchev–Trinajstić information content (AvgIpc) is 2.49. The normalized spacial score (nSPS) is 10.2. The highest BCUT2D eigenvalue weighted by Gasteiger charge is 2.13. The number of benzene rings is 2. The molecule has 2 aromatic carbocycles. The molecule has 0 bridgehead atoms. The number of amides is 1. The monoisotopic (exact) mass is 290 g/mol. The molecule has 0 unspecified atom stereocenters. The molecule has 0 radical (unpaired) electrons. The zero-order chi connectivity index (χ0) is 15.2. The Morgan fingerprint density at radius 2 is 1.81 bits per heavy atom. The second-order valence-electron chi connectivity index (χ2n) is 4.54. The first-order chi connectivity index (χ1) is 10.1. The average molecular weight is 290 g/mol. The van der Waals surface area contributed by atoms with Gasteiger partial charge in [0.1, 0.15) is 11.6 Å². The molecule has 110 valence electrons. The van der Waals surface area contributed by atoms with Crippen molar-refractivity contribution >= 4 is 11.6 Å². The van der Waals surface area contributed by atoms with Gasteiger partial charge in [-0.2, -0.15) is 0 Å². The first-order valence-electron chi connectivity index (χ1n) is 6.60. The first kappa shape index (κ1) is 15.0. The van der Waals surface area contributed by atoms with E-state index in [1.54, 1.807) is 25.2 Å². The standard InChI is InChI=1S/C16H16F2N2O/c1-19-15-13(3-2-4-14(15)18)16(21)20-10-9-11-5-7-12(17)8-6-11/h2-8,19H,9-10H2,1H3,(H,20,21). The van der Waals surface area contributed by atoms with Crippen LogP contribution in [0.3, 0.4) is 0 Å². The minimum atomic E-state index is -0.469. The van der Waals surface area contributed by atoms with Gasteiger partial charge in [-0.15, -0.1) is 0 Å². The fraction of sp³-hybridized carbons (Fsp3) is 0.188. The lowest BCUT2D eigenvalue weighted by molar-refractivity contribution is 0.0954. The lowest BCUT2D eigenvalue weighted by Crippen LogP contribution is -2.26. The minimum absolute atomic E-state index is 0.178. The Labute approximate surface area is 122 Å². The second kappa shape index (κ2) is 6.83. The molecule has 1 amide bonds. The van der Waals surface area contributed by atoms with E-state index < -0.39 is 5.82 Å². The molecule has 0 fully saturated rings. The fourth-order valence-electron chi connectivity index (χ4n) is 2.03. The van der Waals surface area contributed by atoms with E-state index in [9.17, 15) is 13.6 Å². The number of carbonyl (C=O) groups is 1. The quantitative estimate of drug-likeness (QED) is 0.889. The summed E-state index contributed by atoms with van der Waals surface area (Å²) in [5, 5.41) is 5.41. The molecule has 0 aliphatic heterocycles. The van der Waals surface area contributed by atoms with Crippen molar-refractivity contribution < 1.29 is 13.6 Å². The molecule has 0 atom stereocenters. The maximum absolute atomic E-state index is 13.6. The van der Waals surface area contributed by atoms with Crippen molar-refractivity contribution in [3.8, 4) is 0 Å². The van der Waals surface area contributed by atoms with Gasteiger partial charge in [0, 0.05) is 13.6 Å². The summed E-state index contributed by atoms with van der Waals surface area (Å²) in [6, 6.07) is 10.4. The number of rotatable bonds is 5. The molecular weight excluding hydrogens is 274 g/mol. The maximum atomic E-state index is 13.6. The molecule has 0 heterocycles. The van der Waals surface area contributed by atoms with Gasteiger partial charge in [0.25, 0.3) is 5.91 Å². The van der Waals surface area contributed by atoms with Crippen molar-refractivity contribution in [2.24, 2.45) is 0 Å². The summed E-state index contributed by atoms with van der Waals surface area (Å²) >= 11 is 0. The van der Waals surface area contributed by atoms with Gasteiger partial charge >= 0.3 is 0 Å². The molecule has 0 aliphatic rings. The van der Waals surface area contributed by atoms with Crippen molar-refractivity contribution in [3.05, 3.63) is 65.2 Å². The predicted octanol–water partition coefficient (Wildman–Crippen LogP) is 2.98. The van der Waals surface area contributed by atoms with Gasteiger partial charge in [0.05, 0.1) is 11.3 Å². The van der Waals surface area contributed by atoms with Gasteiger partial charge in [-0.05, 0) is 36.2 Å². The Morgan fingerprint density at radius 1 is 1.10 bits per heavy atom. The Kier molecular flexibility index (Phi) is 4.87. The smallest absolute Gasteiger partial charge is 0.253 e. The molecule has 2 rings (SSSR count). The van der Waals surface area contributed by atoms with Crippen molar-refractivity contribution in [2.75, 3.05) is 18.9 Å². The number of hydrogen-bond donors (Lipinski definition) is 2. The number of anilines is 1. The van der Waals surface area contributed by atoms with Crippen LogP contribution in [0, 0.1) is 11.6 Å². The molecule has 0 spiro atoms. The van der Waals surface area contributed by atoms with Crippen LogP contribution in [0.15, 0.2) is 42.5 Å². The third-order valence-electron chi connectivity index (χ3n) is 3.12. The molecule has 21 heavy (non-hydrogen) atoms. The van der Waals surface area contributed by atoms with Gasteiger partial charge in [0.15, 0.2) is 0 Å². The molecule has 2 aromatic rings. The summed E-state index contributed by atoms with van der Waals surface area (Å²) in [6.45, 7) is 0.393. The Balaban J connectivity index is 1.96. The largest absolute Gasteiger partial charge is 0.385 e. The molecule has 5 heteroatoms. The summed E-state index contributed by atoms with van der Waals surface area (Å²) in [5.74, 6) is -1.11. The van der Waals surface area contributed by atoms with E-state index in [1.165, 1.54) is 24.3 Å². The van der Waals surface area contributed by atoms with Crippen LogP contribution in [0.1, 0.15) is 15.9 Å². The van der Waals surface area contributed by atoms with Crippen molar-refractivity contribution in [2.45, 2.75) is 6.42 Å². The highest BCUT2D eigenvalue weighted by Crippen LogP contribution is 2.18. The molecular formula is C16H16F2N2O. The van der Waals surface area contributed by atoms with Gasteiger partial charge in [-0.25, -0.2) is 8.78 Å². The van der Waals surface area contributed by atoms with Crippen LogP contribution in [0.25, 0.3) is 0 Å². The van der Waals surface area contributed by atoms with Gasteiger partial charge < -0.3 is 10.6 Å². The molecule has 3 nitrogen and oxygen atoms in total. The first-order valence-corrected chi connectivity index (χ1v) is 6.60. The topological polar surface area (TPSA) is 41.1 Å². The molecule has 0 aliphatic carbocycles. The zero-order valence-corrected chi connectivity index (χ0v) is 11.6. The summed E-state index contributed by atoms with van der Waals surface area (Å²) in [4.78, 5) is 12.0. The van der Waals surface area contributed by atoms with Crippen LogP contribution < -0.4 is 10.6 Å². The molecule has 0 saturated heterocycles. The van der Waals surface area contributed by atoms with Gasteiger partial charge in [-0.3, -0.25) is 4.79 Å². The van der Waals surface area contributed by atoms with Crippen LogP contribution in [-0.4, -0.2) is 19.5 Å². The maximum Gasteiger partial charge on any atom is 0.253 e. The number of halogens is 2. The van der Waals surface area contributed by atoms with E-state index >= 15 is 0 Å². The summed E-state index contributed by atoms with van der Waals surface area (Å²) in [6.07, 6.45) is 0.580.